The van der Waals surface area contributed by atoms with E-state index in [0.717, 1.165) is 54.2 Å². The van der Waals surface area contributed by atoms with Gasteiger partial charge in [0.25, 0.3) is 0 Å². The third kappa shape index (κ3) is 6.81. The molecule has 3 aromatic rings. The number of benzene rings is 2. The second kappa shape index (κ2) is 13.1. The highest BCUT2D eigenvalue weighted by Gasteiger charge is 2.28. The first-order valence-corrected chi connectivity index (χ1v) is 16.8. The zero-order valence-corrected chi connectivity index (χ0v) is 28.0. The van der Waals surface area contributed by atoms with Crippen LogP contribution in [-0.2, 0) is 21.2 Å². The molecule has 2 aromatic carbocycles. The summed E-state index contributed by atoms with van der Waals surface area (Å²) in [4.78, 5) is 30.8. The number of methoxy groups -OCH3 is 1. The van der Waals surface area contributed by atoms with Crippen molar-refractivity contribution >= 4 is 44.6 Å². The van der Waals surface area contributed by atoms with Gasteiger partial charge in [0.15, 0.2) is 9.84 Å². The van der Waals surface area contributed by atoms with Gasteiger partial charge in [-0.05, 0) is 95.9 Å². The first-order valence-electron chi connectivity index (χ1n) is 15.3. The van der Waals surface area contributed by atoms with E-state index in [1.54, 1.807) is 45.2 Å². The number of piperidine rings is 1. The molecule has 1 fully saturated rings. The molecule has 1 aromatic heterocycles. The van der Waals surface area contributed by atoms with Crippen LogP contribution in [0.2, 0.25) is 0 Å². The number of hydrogen-bond donors (Lipinski definition) is 2. The maximum atomic E-state index is 13.1. The molecule has 0 spiro atoms. The Labute approximate surface area is 266 Å². The van der Waals surface area contributed by atoms with Crippen LogP contribution < -0.4 is 15.4 Å². The summed E-state index contributed by atoms with van der Waals surface area (Å²) < 4.78 is 32.1. The highest BCUT2D eigenvalue weighted by atomic mass is 32.2. The lowest BCUT2D eigenvalue weighted by Crippen LogP contribution is -2.42. The summed E-state index contributed by atoms with van der Waals surface area (Å²) in [6.45, 7) is 9.64. The molecule has 2 N–H and O–H groups in total. The van der Waals surface area contributed by atoms with Crippen LogP contribution in [0.25, 0.3) is 0 Å². The third-order valence-corrected chi connectivity index (χ3v) is 10.7. The summed E-state index contributed by atoms with van der Waals surface area (Å²) in [5.74, 6) is 1.99. The molecule has 0 aliphatic carbocycles. The van der Waals surface area contributed by atoms with E-state index in [4.69, 9.17) is 14.7 Å². The van der Waals surface area contributed by atoms with Crippen molar-refractivity contribution in [1.29, 1.82) is 0 Å². The number of anilines is 4. The predicted molar refractivity (Wildman–Crippen MR) is 178 cm³/mol. The molecular formula is C33H43N7O4S. The summed E-state index contributed by atoms with van der Waals surface area (Å²) in [7, 11) is 1.92. The van der Waals surface area contributed by atoms with Crippen LogP contribution in [0.4, 0.5) is 23.1 Å². The van der Waals surface area contributed by atoms with Gasteiger partial charge < -0.3 is 25.2 Å². The standard InChI is InChI=1S/C33H43N7O4S/c1-20(2)45(42,43)29-11-9-8-10-25(29)35-32-31-22(4)34-18-27(31)37-33(38-32)36-26-16-21(3)24(17-28(26)44-7)23-12-14-40(15-13-23)30(41)19-39(5)6/h8-11,16-17,20,23H,12-15,18-19H2,1-7H3,(H2,35,36,37,38). The van der Waals surface area contributed by atoms with Gasteiger partial charge in [-0.15, -0.1) is 0 Å². The Morgan fingerprint density at radius 2 is 1.78 bits per heavy atom. The molecule has 3 heterocycles. The van der Waals surface area contributed by atoms with Crippen molar-refractivity contribution in [2.75, 3.05) is 51.5 Å². The SMILES string of the molecule is COc1cc(C2CCN(C(=O)CN(C)C)CC2)c(C)cc1Nc1nc2c(c(Nc3ccccc3S(=O)(=O)C(C)C)n1)C(C)=NC2. The monoisotopic (exact) mass is 633 g/mol. The van der Waals surface area contributed by atoms with E-state index in [1.165, 1.54) is 5.56 Å². The van der Waals surface area contributed by atoms with Crippen molar-refractivity contribution in [1.82, 2.24) is 19.8 Å². The number of likely N-dealkylation sites (tertiary alicyclic amines) is 1. The van der Waals surface area contributed by atoms with Crippen LogP contribution in [0, 0.1) is 6.92 Å². The molecule has 11 nitrogen and oxygen atoms in total. The molecule has 1 saturated heterocycles. The van der Waals surface area contributed by atoms with E-state index >= 15 is 0 Å². The number of amides is 1. The highest BCUT2D eigenvalue weighted by Crippen LogP contribution is 2.38. The maximum Gasteiger partial charge on any atom is 0.236 e. The Morgan fingerprint density at radius 3 is 2.44 bits per heavy atom. The second-order valence-corrected chi connectivity index (χ2v) is 14.7. The van der Waals surface area contributed by atoms with Gasteiger partial charge in [-0.2, -0.15) is 4.98 Å². The Hall–Kier alpha value is -4.03. The summed E-state index contributed by atoms with van der Waals surface area (Å²) in [5, 5.41) is 6.07. The number of aryl methyl sites for hydroxylation is 1. The van der Waals surface area contributed by atoms with Gasteiger partial charge in [-0.1, -0.05) is 12.1 Å². The van der Waals surface area contributed by atoms with Crippen molar-refractivity contribution in [3.63, 3.8) is 0 Å². The number of likely N-dealkylation sites (N-methyl/N-ethyl adjacent to an activating group) is 1. The lowest BCUT2D eigenvalue weighted by molar-refractivity contribution is -0.132. The maximum absolute atomic E-state index is 13.1. The van der Waals surface area contributed by atoms with Gasteiger partial charge in [0, 0.05) is 18.8 Å². The van der Waals surface area contributed by atoms with Crippen molar-refractivity contribution in [2.45, 2.75) is 63.1 Å². The summed E-state index contributed by atoms with van der Waals surface area (Å²) in [6.07, 6.45) is 1.79. The second-order valence-electron chi connectivity index (χ2n) is 12.3. The molecule has 5 rings (SSSR count). The number of carbonyl (C=O) groups excluding carboxylic acids is 1. The van der Waals surface area contributed by atoms with Gasteiger partial charge in [0.05, 0.1) is 53.0 Å². The molecule has 45 heavy (non-hydrogen) atoms. The molecule has 0 unspecified atom stereocenters. The molecule has 0 saturated carbocycles. The topological polar surface area (TPSA) is 129 Å². The molecule has 12 heteroatoms. The minimum atomic E-state index is -3.54. The molecule has 2 aliphatic heterocycles. The predicted octanol–water partition coefficient (Wildman–Crippen LogP) is 5.05. The summed E-state index contributed by atoms with van der Waals surface area (Å²) >= 11 is 0. The lowest BCUT2D eigenvalue weighted by atomic mass is 9.86. The Morgan fingerprint density at radius 1 is 1.07 bits per heavy atom. The van der Waals surface area contributed by atoms with Crippen LogP contribution in [0.15, 0.2) is 46.3 Å². The number of sulfone groups is 1. The number of rotatable bonds is 10. The fourth-order valence-electron chi connectivity index (χ4n) is 5.96. The normalized spacial score (nSPS) is 15.3. The lowest BCUT2D eigenvalue weighted by Gasteiger charge is -2.33. The number of aromatic nitrogens is 2. The van der Waals surface area contributed by atoms with Crippen LogP contribution in [0.3, 0.4) is 0 Å². The molecule has 1 amide bonds. The van der Waals surface area contributed by atoms with Crippen LogP contribution in [0.1, 0.15) is 61.9 Å². The van der Waals surface area contributed by atoms with Crippen LogP contribution in [-0.4, -0.2) is 85.9 Å². The van der Waals surface area contributed by atoms with E-state index in [2.05, 4.69) is 28.6 Å². The highest BCUT2D eigenvalue weighted by molar-refractivity contribution is 7.92. The van der Waals surface area contributed by atoms with Gasteiger partial charge in [0.1, 0.15) is 11.6 Å². The largest absolute Gasteiger partial charge is 0.495 e. The number of carbonyl (C=O) groups is 1. The third-order valence-electron chi connectivity index (χ3n) is 8.45. The van der Waals surface area contributed by atoms with E-state index in [9.17, 15) is 13.2 Å². The zero-order chi connectivity index (χ0) is 32.5. The first-order chi connectivity index (χ1) is 21.4. The fraction of sp³-hybridized carbons (Fsp3) is 0.455. The van der Waals surface area contributed by atoms with Crippen LogP contribution in [0.5, 0.6) is 5.75 Å². The number of aliphatic imine (C=N–C) groups is 1. The van der Waals surface area contributed by atoms with Crippen LogP contribution >= 0.6 is 0 Å². The molecule has 0 bridgehead atoms. The molecular weight excluding hydrogens is 590 g/mol. The minimum absolute atomic E-state index is 0.168. The van der Waals surface area contributed by atoms with E-state index in [0.29, 0.717) is 42.2 Å². The van der Waals surface area contributed by atoms with Crippen molar-refractivity contribution in [2.24, 2.45) is 4.99 Å². The first kappa shape index (κ1) is 32.4. The molecule has 240 valence electrons. The van der Waals surface area contributed by atoms with Gasteiger partial charge in [0.2, 0.25) is 11.9 Å². The molecule has 2 aliphatic rings. The van der Waals surface area contributed by atoms with Gasteiger partial charge in [-0.25, -0.2) is 13.4 Å². The van der Waals surface area contributed by atoms with E-state index in [-0.39, 0.29) is 10.8 Å². The Bertz CT molecular complexity index is 1730. The number of hydrogen-bond acceptors (Lipinski definition) is 10. The average molecular weight is 634 g/mol. The molecule has 0 atom stereocenters. The number of fused-ring (bicyclic) bond motifs is 1. The average Bonchev–Trinajstić information content (AvgIpc) is 3.37. The zero-order valence-electron chi connectivity index (χ0n) is 27.1. The van der Waals surface area contributed by atoms with E-state index in [1.807, 2.05) is 36.9 Å². The van der Waals surface area contributed by atoms with E-state index < -0.39 is 15.1 Å². The Kier molecular flexibility index (Phi) is 9.45. The smallest absolute Gasteiger partial charge is 0.236 e. The summed E-state index contributed by atoms with van der Waals surface area (Å²) in [5.41, 5.74) is 5.80. The summed E-state index contributed by atoms with van der Waals surface area (Å²) in [6, 6.07) is 11.0. The number of nitrogens with one attached hydrogen (secondary N) is 2. The van der Waals surface area contributed by atoms with Crippen molar-refractivity contribution in [3.05, 3.63) is 58.8 Å². The molecule has 0 radical (unpaired) electrons. The number of nitrogens with zero attached hydrogens (tertiary/aromatic N) is 5. The fourth-order valence-corrected chi connectivity index (χ4v) is 7.16. The minimum Gasteiger partial charge on any atom is -0.495 e. The number of ether oxygens (including phenoxy) is 1. The van der Waals surface area contributed by atoms with Crippen molar-refractivity contribution in [3.8, 4) is 5.75 Å². The van der Waals surface area contributed by atoms with Gasteiger partial charge in [-0.3, -0.25) is 9.79 Å². The van der Waals surface area contributed by atoms with Crippen molar-refractivity contribution < 1.29 is 17.9 Å². The Balaban J connectivity index is 1.42. The number of para-hydroxylation sites is 1. The quantitative estimate of drug-likeness (QED) is 0.315. The van der Waals surface area contributed by atoms with Gasteiger partial charge >= 0.3 is 0 Å².